The van der Waals surface area contributed by atoms with Crippen molar-refractivity contribution in [1.82, 2.24) is 9.55 Å². The van der Waals surface area contributed by atoms with Gasteiger partial charge in [-0.05, 0) is 42.6 Å². The van der Waals surface area contributed by atoms with Gasteiger partial charge in [0.2, 0.25) is 0 Å². The van der Waals surface area contributed by atoms with Gasteiger partial charge in [0.25, 0.3) is 5.56 Å². The zero-order valence-corrected chi connectivity index (χ0v) is 11.0. The zero-order chi connectivity index (χ0) is 12.2. The molecule has 1 aromatic rings. The molecule has 1 heterocycles. The molecule has 0 amide bonds. The van der Waals surface area contributed by atoms with Crippen LogP contribution in [0.4, 0.5) is 0 Å². The molecular weight excluding hydrogens is 270 g/mol. The van der Waals surface area contributed by atoms with Crippen LogP contribution in [0.3, 0.4) is 0 Å². The van der Waals surface area contributed by atoms with Gasteiger partial charge in [0.15, 0.2) is 0 Å². The maximum Gasteiger partial charge on any atom is 0.267 e. The minimum absolute atomic E-state index is 0.0789. The van der Waals surface area contributed by atoms with Crippen LogP contribution in [-0.2, 0) is 6.54 Å². The minimum atomic E-state index is -0.330. The second-order valence-electron chi connectivity index (χ2n) is 4.34. The largest absolute Gasteiger partial charge is 0.298 e. The third kappa shape index (κ3) is 3.46. The van der Waals surface area contributed by atoms with Crippen molar-refractivity contribution in [1.29, 1.82) is 5.26 Å². The molecule has 1 rings (SSSR count). The molecule has 0 saturated carbocycles. The smallest absolute Gasteiger partial charge is 0.267 e. The summed E-state index contributed by atoms with van der Waals surface area (Å²) in [6.07, 6.45) is 4.56. The van der Waals surface area contributed by atoms with Gasteiger partial charge in [-0.15, -0.1) is 0 Å². The number of nitrogens with zero attached hydrogens (tertiary/aromatic N) is 3. The molecule has 0 fully saturated rings. The molecule has 5 heteroatoms. The lowest BCUT2D eigenvalue weighted by molar-refractivity contribution is 0.412. The molecule has 86 valence electrons. The first-order valence-electron chi connectivity index (χ1n) is 5.07. The van der Waals surface area contributed by atoms with E-state index in [4.69, 9.17) is 5.26 Å². The van der Waals surface area contributed by atoms with E-state index in [-0.39, 0.29) is 11.0 Å². The van der Waals surface area contributed by atoms with Crippen molar-refractivity contribution < 1.29 is 0 Å². The Morgan fingerprint density at radius 2 is 2.31 bits per heavy atom. The van der Waals surface area contributed by atoms with Crippen molar-refractivity contribution in [2.24, 2.45) is 5.41 Å². The molecular formula is C11H14BrN3O. The molecule has 0 radical (unpaired) electrons. The minimum Gasteiger partial charge on any atom is -0.298 e. The molecule has 16 heavy (non-hydrogen) atoms. The van der Waals surface area contributed by atoms with Crippen LogP contribution in [0.5, 0.6) is 0 Å². The van der Waals surface area contributed by atoms with E-state index in [1.165, 1.54) is 12.5 Å². The third-order valence-corrected chi connectivity index (χ3v) is 2.91. The molecule has 0 N–H and O–H groups in total. The van der Waals surface area contributed by atoms with Gasteiger partial charge in [0, 0.05) is 12.7 Å². The predicted octanol–water partition coefficient (Wildman–Crippen LogP) is 2.34. The summed E-state index contributed by atoms with van der Waals surface area (Å²) < 4.78 is 2.02. The summed E-state index contributed by atoms with van der Waals surface area (Å²) in [5.74, 6) is 0. The Morgan fingerprint density at radius 1 is 1.62 bits per heavy atom. The van der Waals surface area contributed by atoms with Gasteiger partial charge < -0.3 is 0 Å². The number of hydrogen-bond acceptors (Lipinski definition) is 3. The monoisotopic (exact) mass is 283 g/mol. The van der Waals surface area contributed by atoms with Crippen LogP contribution >= 0.6 is 15.9 Å². The van der Waals surface area contributed by atoms with E-state index in [0.29, 0.717) is 11.0 Å². The van der Waals surface area contributed by atoms with Crippen molar-refractivity contribution >= 4 is 15.9 Å². The number of rotatable bonds is 4. The van der Waals surface area contributed by atoms with Crippen LogP contribution in [0.15, 0.2) is 21.8 Å². The number of aromatic nitrogens is 2. The molecule has 0 aliphatic carbocycles. The third-order valence-electron chi connectivity index (χ3n) is 2.36. The first-order valence-corrected chi connectivity index (χ1v) is 5.87. The number of halogens is 1. The molecule has 0 aliphatic rings. The maximum atomic E-state index is 11.6. The van der Waals surface area contributed by atoms with Crippen LogP contribution in [0.1, 0.15) is 26.7 Å². The first-order chi connectivity index (χ1) is 7.46. The fraction of sp³-hybridized carbons (Fsp3) is 0.545. The van der Waals surface area contributed by atoms with E-state index in [9.17, 15) is 4.79 Å². The number of nitriles is 1. The van der Waals surface area contributed by atoms with Crippen LogP contribution in [0.2, 0.25) is 0 Å². The van der Waals surface area contributed by atoms with Gasteiger partial charge in [-0.2, -0.15) is 5.26 Å². The standard InChI is InChI=1S/C11H14BrN3O/c1-11(2,7-13)4-3-5-15-8-14-6-9(12)10(15)16/h6,8H,3-5H2,1-2H3. The summed E-state index contributed by atoms with van der Waals surface area (Å²) in [6.45, 7) is 4.39. The van der Waals surface area contributed by atoms with Gasteiger partial charge in [0.1, 0.15) is 4.47 Å². The fourth-order valence-corrected chi connectivity index (χ4v) is 1.68. The average molecular weight is 284 g/mol. The summed E-state index contributed by atoms with van der Waals surface area (Å²) in [4.78, 5) is 15.5. The van der Waals surface area contributed by atoms with Crippen molar-refractivity contribution in [2.45, 2.75) is 33.2 Å². The highest BCUT2D eigenvalue weighted by Crippen LogP contribution is 2.20. The number of aryl methyl sites for hydroxylation is 1. The van der Waals surface area contributed by atoms with Crippen molar-refractivity contribution in [3.8, 4) is 6.07 Å². The highest BCUT2D eigenvalue weighted by atomic mass is 79.9. The molecule has 0 bridgehead atoms. The van der Waals surface area contributed by atoms with Crippen LogP contribution < -0.4 is 5.56 Å². The Hall–Kier alpha value is -1.15. The summed E-state index contributed by atoms with van der Waals surface area (Å²) in [5, 5.41) is 8.85. The molecule has 4 nitrogen and oxygen atoms in total. The fourth-order valence-electron chi connectivity index (χ4n) is 1.33. The van der Waals surface area contributed by atoms with E-state index >= 15 is 0 Å². The van der Waals surface area contributed by atoms with Gasteiger partial charge in [0.05, 0.1) is 17.8 Å². The lowest BCUT2D eigenvalue weighted by atomic mass is 9.90. The van der Waals surface area contributed by atoms with E-state index in [1.54, 1.807) is 4.57 Å². The Morgan fingerprint density at radius 3 is 2.94 bits per heavy atom. The molecule has 0 unspecified atom stereocenters. The molecule has 1 aromatic heterocycles. The van der Waals surface area contributed by atoms with Gasteiger partial charge >= 0.3 is 0 Å². The normalized spacial score (nSPS) is 11.1. The topological polar surface area (TPSA) is 58.7 Å². The first kappa shape index (κ1) is 12.9. The summed E-state index contributed by atoms with van der Waals surface area (Å²) in [5.41, 5.74) is -0.409. The van der Waals surface area contributed by atoms with Crippen LogP contribution in [0, 0.1) is 16.7 Å². The molecule has 0 spiro atoms. The average Bonchev–Trinajstić information content (AvgIpc) is 2.24. The maximum absolute atomic E-state index is 11.6. The Balaban J connectivity index is 2.60. The van der Waals surface area contributed by atoms with Crippen molar-refractivity contribution in [3.63, 3.8) is 0 Å². The molecule has 0 saturated heterocycles. The van der Waals surface area contributed by atoms with Crippen molar-refractivity contribution in [2.75, 3.05) is 0 Å². The second-order valence-corrected chi connectivity index (χ2v) is 5.19. The highest BCUT2D eigenvalue weighted by Gasteiger charge is 2.15. The summed E-state index contributed by atoms with van der Waals surface area (Å²) in [7, 11) is 0. The van der Waals surface area contributed by atoms with Gasteiger partial charge in [-0.25, -0.2) is 4.98 Å². The highest BCUT2D eigenvalue weighted by molar-refractivity contribution is 9.10. The lowest BCUT2D eigenvalue weighted by Crippen LogP contribution is -2.21. The van der Waals surface area contributed by atoms with E-state index in [2.05, 4.69) is 27.0 Å². The van der Waals surface area contributed by atoms with Gasteiger partial charge in [-0.1, -0.05) is 0 Å². The molecule has 0 aliphatic heterocycles. The SMILES string of the molecule is CC(C)(C#N)CCCn1cncc(Br)c1=O. The molecule has 0 atom stereocenters. The number of hydrogen-bond donors (Lipinski definition) is 0. The van der Waals surface area contributed by atoms with Crippen LogP contribution in [0.25, 0.3) is 0 Å². The quantitative estimate of drug-likeness (QED) is 0.852. The lowest BCUT2D eigenvalue weighted by Gasteiger charge is -2.14. The van der Waals surface area contributed by atoms with E-state index in [0.717, 1.165) is 12.8 Å². The van der Waals surface area contributed by atoms with E-state index < -0.39 is 0 Å². The predicted molar refractivity (Wildman–Crippen MR) is 64.8 cm³/mol. The Labute approximate surface area is 103 Å². The second kappa shape index (κ2) is 5.26. The van der Waals surface area contributed by atoms with Gasteiger partial charge in [-0.3, -0.25) is 9.36 Å². The molecule has 0 aromatic carbocycles. The Bertz CT molecular complexity index is 459. The van der Waals surface area contributed by atoms with Crippen LogP contribution in [-0.4, -0.2) is 9.55 Å². The Kier molecular flexibility index (Phi) is 4.25. The van der Waals surface area contributed by atoms with E-state index in [1.807, 2.05) is 13.8 Å². The van der Waals surface area contributed by atoms with Crippen molar-refractivity contribution in [3.05, 3.63) is 27.4 Å². The summed E-state index contributed by atoms with van der Waals surface area (Å²) >= 11 is 3.14. The zero-order valence-electron chi connectivity index (χ0n) is 9.40. The summed E-state index contributed by atoms with van der Waals surface area (Å²) in [6, 6.07) is 2.24.